The van der Waals surface area contributed by atoms with Crippen molar-refractivity contribution >= 4 is 34.3 Å². The Labute approximate surface area is 112 Å². The van der Waals surface area contributed by atoms with E-state index < -0.39 is 0 Å². The number of hydrogen-bond acceptors (Lipinski definition) is 3. The van der Waals surface area contributed by atoms with Gasteiger partial charge in [-0.25, -0.2) is 0 Å². The number of nitrogens with one attached hydrogen (secondary N) is 1. The molecule has 6 heteroatoms. The third-order valence-corrected chi connectivity index (χ3v) is 3.18. The van der Waals surface area contributed by atoms with E-state index in [9.17, 15) is 9.90 Å². The van der Waals surface area contributed by atoms with Crippen molar-refractivity contribution in [1.29, 1.82) is 0 Å². The Hall–Kier alpha value is -1.57. The van der Waals surface area contributed by atoms with Gasteiger partial charge in [0.15, 0.2) is 0 Å². The molecule has 0 fully saturated rings. The van der Waals surface area contributed by atoms with Gasteiger partial charge in [0.1, 0.15) is 11.6 Å². The highest BCUT2D eigenvalue weighted by molar-refractivity contribution is 14.1. The molecule has 17 heavy (non-hydrogen) atoms. The van der Waals surface area contributed by atoms with Crippen LogP contribution in [0.15, 0.2) is 30.5 Å². The Morgan fingerprint density at radius 1 is 1.47 bits per heavy atom. The molecule has 0 bridgehead atoms. The number of anilines is 1. The van der Waals surface area contributed by atoms with Crippen LogP contribution in [0.5, 0.6) is 5.75 Å². The van der Waals surface area contributed by atoms with Crippen LogP contribution in [-0.2, 0) is 7.05 Å². The quantitative estimate of drug-likeness (QED) is 0.820. The lowest BCUT2D eigenvalue weighted by Crippen LogP contribution is -2.14. The standard InChI is InChI=1S/C11H10IN3O2/c1-15-10(4-5-13-15)14-11(17)7-2-3-8(12)9(16)6-7/h2-6,16H,1H3,(H,14,17). The molecule has 1 amide bonds. The van der Waals surface area contributed by atoms with Crippen LogP contribution in [0.4, 0.5) is 5.82 Å². The first-order valence-corrected chi connectivity index (χ1v) is 5.93. The van der Waals surface area contributed by atoms with Gasteiger partial charge in [0.25, 0.3) is 5.91 Å². The fraction of sp³-hybridized carbons (Fsp3) is 0.0909. The predicted molar refractivity (Wildman–Crippen MR) is 72.0 cm³/mol. The first-order chi connectivity index (χ1) is 8.08. The summed E-state index contributed by atoms with van der Waals surface area (Å²) in [7, 11) is 1.74. The van der Waals surface area contributed by atoms with E-state index in [1.165, 1.54) is 6.07 Å². The molecule has 0 aliphatic rings. The second-order valence-corrected chi connectivity index (χ2v) is 4.62. The molecular formula is C11H10IN3O2. The van der Waals surface area contributed by atoms with Gasteiger partial charge < -0.3 is 10.4 Å². The maximum atomic E-state index is 11.9. The van der Waals surface area contributed by atoms with Gasteiger partial charge in [-0.15, -0.1) is 0 Å². The van der Waals surface area contributed by atoms with E-state index in [4.69, 9.17) is 0 Å². The Morgan fingerprint density at radius 2 is 2.24 bits per heavy atom. The number of carbonyl (C=O) groups excluding carboxylic acids is 1. The average molecular weight is 343 g/mol. The number of phenols is 1. The van der Waals surface area contributed by atoms with E-state index in [1.54, 1.807) is 36.1 Å². The van der Waals surface area contributed by atoms with Gasteiger partial charge in [-0.05, 0) is 40.8 Å². The molecule has 2 N–H and O–H groups in total. The first-order valence-electron chi connectivity index (χ1n) is 4.86. The summed E-state index contributed by atoms with van der Waals surface area (Å²) >= 11 is 2.00. The minimum absolute atomic E-state index is 0.100. The number of benzene rings is 1. The van der Waals surface area contributed by atoms with Gasteiger partial charge in [0.2, 0.25) is 0 Å². The van der Waals surface area contributed by atoms with E-state index in [-0.39, 0.29) is 11.7 Å². The Balaban J connectivity index is 2.20. The summed E-state index contributed by atoms with van der Waals surface area (Å²) < 4.78 is 2.27. The number of halogens is 1. The van der Waals surface area contributed by atoms with Crippen molar-refractivity contribution in [1.82, 2.24) is 9.78 Å². The van der Waals surface area contributed by atoms with Crippen molar-refractivity contribution in [2.75, 3.05) is 5.32 Å². The highest BCUT2D eigenvalue weighted by Gasteiger charge is 2.09. The smallest absolute Gasteiger partial charge is 0.256 e. The molecule has 0 atom stereocenters. The Bertz CT molecular complexity index is 566. The summed E-state index contributed by atoms with van der Waals surface area (Å²) in [5.74, 6) is 0.427. The summed E-state index contributed by atoms with van der Waals surface area (Å²) in [6.45, 7) is 0. The van der Waals surface area contributed by atoms with Gasteiger partial charge in [-0.2, -0.15) is 5.10 Å². The zero-order valence-corrected chi connectivity index (χ0v) is 11.2. The fourth-order valence-electron chi connectivity index (χ4n) is 1.34. The molecule has 0 aliphatic heterocycles. The van der Waals surface area contributed by atoms with Crippen LogP contribution in [0.2, 0.25) is 0 Å². The van der Waals surface area contributed by atoms with Crippen molar-refractivity contribution in [2.45, 2.75) is 0 Å². The van der Waals surface area contributed by atoms with Crippen LogP contribution in [0.3, 0.4) is 0 Å². The fourth-order valence-corrected chi connectivity index (χ4v) is 1.67. The van der Waals surface area contributed by atoms with Crippen LogP contribution >= 0.6 is 22.6 Å². The second kappa shape index (κ2) is 4.74. The molecule has 1 aromatic heterocycles. The summed E-state index contributed by atoms with van der Waals surface area (Å²) in [6, 6.07) is 6.49. The zero-order valence-electron chi connectivity index (χ0n) is 9.01. The van der Waals surface area contributed by atoms with Gasteiger partial charge in [0.05, 0.1) is 9.77 Å². The minimum atomic E-state index is -0.277. The number of carbonyl (C=O) groups is 1. The summed E-state index contributed by atoms with van der Waals surface area (Å²) in [5.41, 5.74) is 0.407. The number of aryl methyl sites for hydroxylation is 1. The third-order valence-electron chi connectivity index (χ3n) is 2.27. The van der Waals surface area contributed by atoms with E-state index in [1.807, 2.05) is 22.6 Å². The SMILES string of the molecule is Cn1nccc1NC(=O)c1ccc(I)c(O)c1. The maximum absolute atomic E-state index is 11.9. The molecular weight excluding hydrogens is 333 g/mol. The summed E-state index contributed by atoms with van der Waals surface area (Å²) in [5, 5.41) is 16.2. The third kappa shape index (κ3) is 2.57. The molecule has 2 aromatic rings. The van der Waals surface area contributed by atoms with Crippen LogP contribution in [0.1, 0.15) is 10.4 Å². The molecule has 1 aromatic carbocycles. The van der Waals surface area contributed by atoms with Crippen LogP contribution < -0.4 is 5.32 Å². The zero-order chi connectivity index (χ0) is 12.4. The van der Waals surface area contributed by atoms with Crippen molar-refractivity contribution < 1.29 is 9.90 Å². The molecule has 0 unspecified atom stereocenters. The van der Waals surface area contributed by atoms with E-state index >= 15 is 0 Å². The predicted octanol–water partition coefficient (Wildman–Crippen LogP) is 1.98. The topological polar surface area (TPSA) is 67.2 Å². The monoisotopic (exact) mass is 343 g/mol. The molecule has 5 nitrogen and oxygen atoms in total. The number of amides is 1. The van der Waals surface area contributed by atoms with Gasteiger partial charge in [-0.1, -0.05) is 0 Å². The maximum Gasteiger partial charge on any atom is 0.256 e. The Kier molecular flexibility index (Phi) is 3.32. The van der Waals surface area contributed by atoms with Crippen molar-refractivity contribution in [3.63, 3.8) is 0 Å². The molecule has 1 heterocycles. The normalized spacial score (nSPS) is 10.2. The number of hydrogen-bond donors (Lipinski definition) is 2. The molecule has 2 rings (SSSR count). The number of aromatic nitrogens is 2. The number of aromatic hydroxyl groups is 1. The summed E-state index contributed by atoms with van der Waals surface area (Å²) in [6.07, 6.45) is 1.60. The number of rotatable bonds is 2. The highest BCUT2D eigenvalue weighted by Crippen LogP contribution is 2.21. The lowest BCUT2D eigenvalue weighted by atomic mass is 10.2. The average Bonchev–Trinajstić information content (AvgIpc) is 2.68. The van der Waals surface area contributed by atoms with Crippen molar-refractivity contribution in [3.8, 4) is 5.75 Å². The molecule has 0 saturated carbocycles. The molecule has 0 aliphatic carbocycles. The first kappa shape index (κ1) is 11.9. The van der Waals surface area contributed by atoms with E-state index in [0.29, 0.717) is 15.0 Å². The highest BCUT2D eigenvalue weighted by atomic mass is 127. The van der Waals surface area contributed by atoms with E-state index in [2.05, 4.69) is 10.4 Å². The second-order valence-electron chi connectivity index (χ2n) is 3.46. The lowest BCUT2D eigenvalue weighted by Gasteiger charge is -2.06. The largest absolute Gasteiger partial charge is 0.507 e. The van der Waals surface area contributed by atoms with E-state index in [0.717, 1.165) is 0 Å². The molecule has 88 valence electrons. The van der Waals surface area contributed by atoms with Gasteiger partial charge >= 0.3 is 0 Å². The molecule has 0 saturated heterocycles. The molecule has 0 spiro atoms. The summed E-state index contributed by atoms with van der Waals surface area (Å²) in [4.78, 5) is 11.9. The number of phenolic OH excluding ortho intramolecular Hbond substituents is 1. The minimum Gasteiger partial charge on any atom is -0.507 e. The lowest BCUT2D eigenvalue weighted by molar-refractivity contribution is 0.102. The van der Waals surface area contributed by atoms with Crippen LogP contribution in [0, 0.1) is 3.57 Å². The van der Waals surface area contributed by atoms with Crippen LogP contribution in [0.25, 0.3) is 0 Å². The Morgan fingerprint density at radius 3 is 2.82 bits per heavy atom. The van der Waals surface area contributed by atoms with Crippen molar-refractivity contribution in [3.05, 3.63) is 39.6 Å². The van der Waals surface area contributed by atoms with Gasteiger partial charge in [0, 0.05) is 18.7 Å². The van der Waals surface area contributed by atoms with Crippen molar-refractivity contribution in [2.24, 2.45) is 7.05 Å². The molecule has 0 radical (unpaired) electrons. The van der Waals surface area contributed by atoms with Gasteiger partial charge in [-0.3, -0.25) is 9.48 Å². The number of nitrogens with zero attached hydrogens (tertiary/aromatic N) is 2. The van der Waals surface area contributed by atoms with Crippen LogP contribution in [-0.4, -0.2) is 20.8 Å².